The summed E-state index contributed by atoms with van der Waals surface area (Å²) in [6.45, 7) is 4.08. The van der Waals surface area contributed by atoms with Crippen molar-refractivity contribution in [1.29, 1.82) is 0 Å². The molecule has 0 heterocycles. The molecule has 0 unspecified atom stereocenters. The molecule has 0 bridgehead atoms. The number of hydrogen-bond acceptors (Lipinski definition) is 2. The Labute approximate surface area is 111 Å². The van der Waals surface area contributed by atoms with Crippen LogP contribution in [0.1, 0.15) is 19.4 Å². The zero-order valence-electron chi connectivity index (χ0n) is 10.9. The van der Waals surface area contributed by atoms with Gasteiger partial charge in [-0.3, -0.25) is 9.69 Å². The number of carboxylic acid groups (broad SMARTS) is 1. The van der Waals surface area contributed by atoms with Gasteiger partial charge in [0.2, 0.25) is 0 Å². The first-order chi connectivity index (χ1) is 8.90. The van der Waals surface area contributed by atoms with E-state index in [4.69, 9.17) is 5.11 Å². The lowest BCUT2D eigenvalue weighted by molar-refractivity contribution is -0.138. The molecule has 0 atom stereocenters. The van der Waals surface area contributed by atoms with Gasteiger partial charge in [-0.2, -0.15) is 0 Å². The Bertz CT molecular complexity index is 473. The third-order valence-corrected chi connectivity index (χ3v) is 2.67. The van der Waals surface area contributed by atoms with E-state index in [0.717, 1.165) is 6.07 Å². The van der Waals surface area contributed by atoms with E-state index in [-0.39, 0.29) is 18.2 Å². The zero-order chi connectivity index (χ0) is 14.4. The molecule has 3 nitrogen and oxygen atoms in total. The summed E-state index contributed by atoms with van der Waals surface area (Å²) in [6, 6.07) is 3.41. The van der Waals surface area contributed by atoms with Crippen molar-refractivity contribution in [2.75, 3.05) is 13.1 Å². The number of hydrogen-bond donors (Lipinski definition) is 1. The number of carboxylic acids is 1. The third-order valence-electron chi connectivity index (χ3n) is 2.67. The van der Waals surface area contributed by atoms with Crippen molar-refractivity contribution in [2.45, 2.75) is 19.9 Å². The highest BCUT2D eigenvalue weighted by Gasteiger charge is 2.11. The Kier molecular flexibility index (Phi) is 5.63. The van der Waals surface area contributed by atoms with Crippen LogP contribution in [0.3, 0.4) is 0 Å². The van der Waals surface area contributed by atoms with Crippen LogP contribution in [0.25, 0.3) is 6.08 Å². The van der Waals surface area contributed by atoms with Gasteiger partial charge < -0.3 is 5.11 Å². The first-order valence-corrected chi connectivity index (χ1v) is 5.97. The molecule has 0 aromatic heterocycles. The highest BCUT2D eigenvalue weighted by atomic mass is 19.1. The predicted octanol–water partition coefficient (Wildman–Crippen LogP) is 2.77. The van der Waals surface area contributed by atoms with Gasteiger partial charge in [-0.05, 0) is 26.0 Å². The Hall–Kier alpha value is -1.75. The van der Waals surface area contributed by atoms with E-state index in [1.54, 1.807) is 11.0 Å². The van der Waals surface area contributed by atoms with Crippen LogP contribution in [0, 0.1) is 11.6 Å². The van der Waals surface area contributed by atoms with E-state index in [9.17, 15) is 13.6 Å². The molecular weight excluding hydrogens is 252 g/mol. The first kappa shape index (κ1) is 15.3. The fourth-order valence-electron chi connectivity index (χ4n) is 1.58. The largest absolute Gasteiger partial charge is 0.480 e. The summed E-state index contributed by atoms with van der Waals surface area (Å²) in [5.41, 5.74) is 0.278. The summed E-state index contributed by atoms with van der Waals surface area (Å²) in [5, 5.41) is 8.76. The van der Waals surface area contributed by atoms with Crippen LogP contribution in [-0.4, -0.2) is 35.1 Å². The molecule has 0 aliphatic heterocycles. The maximum Gasteiger partial charge on any atom is 0.317 e. The Morgan fingerprint density at radius 3 is 2.63 bits per heavy atom. The fraction of sp³-hybridized carbons (Fsp3) is 0.357. The van der Waals surface area contributed by atoms with Crippen LogP contribution in [0.4, 0.5) is 8.78 Å². The van der Waals surface area contributed by atoms with Gasteiger partial charge in [0.1, 0.15) is 11.6 Å². The number of rotatable bonds is 6. The molecule has 0 aliphatic carbocycles. The number of nitrogens with zero attached hydrogens (tertiary/aromatic N) is 1. The summed E-state index contributed by atoms with van der Waals surface area (Å²) in [7, 11) is 0. The Balaban J connectivity index is 2.67. The van der Waals surface area contributed by atoms with Crippen molar-refractivity contribution in [3.8, 4) is 0 Å². The lowest BCUT2D eigenvalue weighted by Gasteiger charge is -2.22. The molecule has 0 fully saturated rings. The van der Waals surface area contributed by atoms with Crippen LogP contribution in [0.15, 0.2) is 24.3 Å². The molecule has 0 saturated carbocycles. The molecule has 19 heavy (non-hydrogen) atoms. The summed E-state index contributed by atoms with van der Waals surface area (Å²) < 4.78 is 26.1. The average molecular weight is 269 g/mol. The average Bonchev–Trinajstić information content (AvgIpc) is 2.29. The van der Waals surface area contributed by atoms with Crippen molar-refractivity contribution < 1.29 is 18.7 Å². The van der Waals surface area contributed by atoms with E-state index >= 15 is 0 Å². The predicted molar refractivity (Wildman–Crippen MR) is 69.7 cm³/mol. The number of halogens is 2. The van der Waals surface area contributed by atoms with E-state index in [2.05, 4.69) is 0 Å². The van der Waals surface area contributed by atoms with Crippen LogP contribution in [0.5, 0.6) is 0 Å². The molecule has 0 saturated heterocycles. The van der Waals surface area contributed by atoms with Gasteiger partial charge in [0, 0.05) is 24.2 Å². The van der Waals surface area contributed by atoms with Crippen molar-refractivity contribution in [3.05, 3.63) is 41.5 Å². The van der Waals surface area contributed by atoms with Crippen LogP contribution in [-0.2, 0) is 4.79 Å². The second kappa shape index (κ2) is 6.99. The van der Waals surface area contributed by atoms with Gasteiger partial charge in [-0.25, -0.2) is 8.78 Å². The Morgan fingerprint density at radius 1 is 1.42 bits per heavy atom. The highest BCUT2D eigenvalue weighted by Crippen LogP contribution is 2.11. The molecule has 1 aromatic rings. The molecular formula is C14H17F2NO2. The summed E-state index contributed by atoms with van der Waals surface area (Å²) in [6.07, 6.45) is 3.19. The quantitative estimate of drug-likeness (QED) is 0.863. The number of carbonyl (C=O) groups is 1. The van der Waals surface area contributed by atoms with E-state index in [1.165, 1.54) is 18.2 Å². The van der Waals surface area contributed by atoms with E-state index < -0.39 is 17.6 Å². The molecule has 1 N–H and O–H groups in total. The topological polar surface area (TPSA) is 40.5 Å². The second-order valence-electron chi connectivity index (χ2n) is 4.49. The van der Waals surface area contributed by atoms with Crippen LogP contribution in [0.2, 0.25) is 0 Å². The van der Waals surface area contributed by atoms with Crippen molar-refractivity contribution >= 4 is 12.0 Å². The zero-order valence-corrected chi connectivity index (χ0v) is 10.9. The van der Waals surface area contributed by atoms with Gasteiger partial charge >= 0.3 is 5.97 Å². The summed E-state index contributed by atoms with van der Waals surface area (Å²) in [5.74, 6) is -2.16. The number of aliphatic carboxylic acids is 1. The lowest BCUT2D eigenvalue weighted by Crippen LogP contribution is -2.35. The highest BCUT2D eigenvalue weighted by molar-refractivity contribution is 5.69. The van der Waals surface area contributed by atoms with Gasteiger partial charge in [0.25, 0.3) is 0 Å². The molecule has 0 radical (unpaired) electrons. The minimum atomic E-state index is -0.907. The monoisotopic (exact) mass is 269 g/mol. The number of benzene rings is 1. The molecule has 0 spiro atoms. The van der Waals surface area contributed by atoms with Gasteiger partial charge in [-0.15, -0.1) is 0 Å². The fourth-order valence-corrected chi connectivity index (χ4v) is 1.58. The molecule has 104 valence electrons. The normalized spacial score (nSPS) is 11.7. The van der Waals surface area contributed by atoms with Crippen LogP contribution >= 0.6 is 0 Å². The summed E-state index contributed by atoms with van der Waals surface area (Å²) >= 11 is 0. The summed E-state index contributed by atoms with van der Waals surface area (Å²) in [4.78, 5) is 12.4. The van der Waals surface area contributed by atoms with Gasteiger partial charge in [0.15, 0.2) is 0 Å². The second-order valence-corrected chi connectivity index (χ2v) is 4.49. The maximum absolute atomic E-state index is 13.3. The van der Waals surface area contributed by atoms with Gasteiger partial charge in [-0.1, -0.05) is 12.2 Å². The molecule has 1 rings (SSSR count). The van der Waals surface area contributed by atoms with Gasteiger partial charge in [0.05, 0.1) is 6.54 Å². The van der Waals surface area contributed by atoms with Crippen molar-refractivity contribution in [1.82, 2.24) is 4.90 Å². The maximum atomic E-state index is 13.3. The van der Waals surface area contributed by atoms with Crippen molar-refractivity contribution in [3.63, 3.8) is 0 Å². The van der Waals surface area contributed by atoms with E-state index in [0.29, 0.717) is 6.54 Å². The molecule has 1 aromatic carbocycles. The lowest BCUT2D eigenvalue weighted by atomic mass is 10.2. The standard InChI is InChI=1S/C14H17F2NO2/c1-10(2)17(9-14(18)19)7-3-4-11-5-6-12(15)8-13(11)16/h3-6,8,10H,7,9H2,1-2H3,(H,18,19)/b4-3+. The smallest absolute Gasteiger partial charge is 0.317 e. The Morgan fingerprint density at radius 2 is 2.11 bits per heavy atom. The minimum Gasteiger partial charge on any atom is -0.480 e. The molecule has 0 aliphatic rings. The third kappa shape index (κ3) is 5.18. The van der Waals surface area contributed by atoms with E-state index in [1.807, 2.05) is 13.8 Å². The first-order valence-electron chi connectivity index (χ1n) is 5.97. The minimum absolute atomic E-state index is 0.0683. The van der Waals surface area contributed by atoms with Crippen LogP contribution < -0.4 is 0 Å². The molecule has 0 amide bonds. The molecule has 5 heteroatoms. The SMILES string of the molecule is CC(C)N(C/C=C/c1ccc(F)cc1F)CC(=O)O. The van der Waals surface area contributed by atoms with Crippen molar-refractivity contribution in [2.24, 2.45) is 0 Å².